The fraction of sp³-hybridized carbons (Fsp3) is 0.111. The van der Waals surface area contributed by atoms with E-state index in [1.54, 1.807) is 6.92 Å². The van der Waals surface area contributed by atoms with Gasteiger partial charge in [-0.1, -0.05) is 18.2 Å². The third-order valence-corrected chi connectivity index (χ3v) is 4.90. The van der Waals surface area contributed by atoms with E-state index in [0.29, 0.717) is 0 Å². The van der Waals surface area contributed by atoms with Gasteiger partial charge in [-0.25, -0.2) is 13.6 Å². The number of thiophene rings is 1. The summed E-state index contributed by atoms with van der Waals surface area (Å²) >= 11 is 1.22. The Balaban J connectivity index is 0.000000312. The first-order valence-electron chi connectivity index (χ1n) is 4.65. The molecule has 0 radical (unpaired) electrons. The molecule has 106 valence electrons. The van der Waals surface area contributed by atoms with Crippen molar-refractivity contribution in [1.82, 2.24) is 0 Å². The number of aryl methyl sites for hydroxylation is 1. The van der Waals surface area contributed by atoms with Crippen LogP contribution in [-0.2, 0) is 18.3 Å². The Morgan fingerprint density at radius 1 is 1.11 bits per heavy atom. The van der Waals surface area contributed by atoms with Crippen molar-refractivity contribution in [2.24, 2.45) is 5.14 Å². The summed E-state index contributed by atoms with van der Waals surface area (Å²) in [6.07, 6.45) is 0. The first-order chi connectivity index (χ1) is 8.50. The van der Waals surface area contributed by atoms with Crippen LogP contribution in [0.1, 0.15) is 5.56 Å². The number of nitrogens with two attached hydrogens (primary N) is 1. The Hall–Kier alpha value is -0.380. The lowest BCUT2D eigenvalue weighted by Gasteiger charge is -1.93. The molecule has 2 rings (SSSR count). The summed E-state index contributed by atoms with van der Waals surface area (Å²) in [6, 6.07) is 7.55. The number of rotatable bonds is 1. The summed E-state index contributed by atoms with van der Waals surface area (Å²) in [4.78, 5) is 0. The molecular formula is C9H9Cl2NO4S3. The van der Waals surface area contributed by atoms with Crippen molar-refractivity contribution in [3.63, 3.8) is 0 Å². The minimum atomic E-state index is -3.72. The molecule has 2 aromatic rings. The first kappa shape index (κ1) is 16.7. The van der Waals surface area contributed by atoms with Gasteiger partial charge in [-0.3, -0.25) is 0 Å². The summed E-state index contributed by atoms with van der Waals surface area (Å²) in [5.74, 6) is 0. The topological polar surface area (TPSA) is 94.3 Å². The van der Waals surface area contributed by atoms with E-state index in [1.807, 2.05) is 24.3 Å². The molecule has 19 heavy (non-hydrogen) atoms. The number of hydrogen-bond donors (Lipinski definition) is 1. The van der Waals surface area contributed by atoms with E-state index in [0.717, 1.165) is 15.6 Å². The summed E-state index contributed by atoms with van der Waals surface area (Å²) in [7, 11) is 1.24. The lowest BCUT2D eigenvalue weighted by Crippen LogP contribution is -2.11. The molecule has 0 amide bonds. The zero-order valence-electron chi connectivity index (χ0n) is 9.50. The lowest BCUT2D eigenvalue weighted by atomic mass is 10.2. The Labute approximate surface area is 123 Å². The van der Waals surface area contributed by atoms with Crippen molar-refractivity contribution in [1.29, 1.82) is 0 Å². The fourth-order valence-electron chi connectivity index (χ4n) is 1.42. The highest BCUT2D eigenvalue weighted by molar-refractivity contribution is 8.31. The molecule has 0 bridgehead atoms. The van der Waals surface area contributed by atoms with Crippen LogP contribution in [0.15, 0.2) is 28.5 Å². The molecule has 0 fully saturated rings. The van der Waals surface area contributed by atoms with Gasteiger partial charge in [0, 0.05) is 26.1 Å². The Morgan fingerprint density at radius 2 is 1.58 bits per heavy atom. The van der Waals surface area contributed by atoms with Crippen molar-refractivity contribution in [2.75, 3.05) is 0 Å². The quantitative estimate of drug-likeness (QED) is 0.789. The molecule has 1 aromatic carbocycles. The first-order valence-corrected chi connectivity index (χ1v) is 10.1. The van der Waals surface area contributed by atoms with Crippen molar-refractivity contribution >= 4 is 61.1 Å². The maximum atomic E-state index is 11.2. The van der Waals surface area contributed by atoms with Crippen LogP contribution in [0.2, 0.25) is 0 Å². The number of primary sulfonamides is 1. The highest BCUT2D eigenvalue weighted by Gasteiger charge is 2.16. The second kappa shape index (κ2) is 5.94. The van der Waals surface area contributed by atoms with Crippen LogP contribution in [0.5, 0.6) is 0 Å². The highest BCUT2D eigenvalue weighted by atomic mass is 36.0. The molecule has 0 aliphatic rings. The van der Waals surface area contributed by atoms with Crippen molar-refractivity contribution in [3.05, 3.63) is 29.8 Å². The summed E-state index contributed by atoms with van der Waals surface area (Å²) in [6.45, 7) is 1.78. The highest BCUT2D eigenvalue weighted by Crippen LogP contribution is 2.32. The third-order valence-electron chi connectivity index (χ3n) is 2.06. The van der Waals surface area contributed by atoms with E-state index in [9.17, 15) is 8.42 Å². The van der Waals surface area contributed by atoms with Crippen molar-refractivity contribution in [3.8, 4) is 0 Å². The predicted octanol–water partition coefficient (Wildman–Crippen LogP) is 2.57. The van der Waals surface area contributed by atoms with Crippen molar-refractivity contribution < 1.29 is 16.8 Å². The minimum absolute atomic E-state index is 0.263. The van der Waals surface area contributed by atoms with Crippen LogP contribution < -0.4 is 5.14 Å². The molecule has 0 saturated carbocycles. The Bertz CT molecular complexity index is 788. The zero-order chi connectivity index (χ0) is 14.8. The summed E-state index contributed by atoms with van der Waals surface area (Å²) in [5, 5.41) is 6.06. The van der Waals surface area contributed by atoms with E-state index in [-0.39, 0.29) is 4.21 Å². The lowest BCUT2D eigenvalue weighted by molar-refractivity contribution is 0.599. The molecule has 0 unspecified atom stereocenters. The molecule has 0 aliphatic heterocycles. The average Bonchev–Trinajstić information content (AvgIpc) is 2.54. The van der Waals surface area contributed by atoms with Gasteiger partial charge < -0.3 is 0 Å². The summed E-state index contributed by atoms with van der Waals surface area (Å²) < 4.78 is 42.0. The van der Waals surface area contributed by atoms with E-state index in [2.05, 4.69) is 21.4 Å². The van der Waals surface area contributed by atoms with Crippen LogP contribution >= 0.6 is 32.7 Å². The van der Waals surface area contributed by atoms with Crippen LogP contribution in [0, 0.1) is 6.92 Å². The number of fused-ring (bicyclic) bond motifs is 1. The van der Waals surface area contributed by atoms with Crippen molar-refractivity contribution in [2.45, 2.75) is 11.1 Å². The number of benzene rings is 1. The maximum Gasteiger partial charge on any atom is 0.317 e. The summed E-state index contributed by atoms with van der Waals surface area (Å²) in [5.41, 5.74) is 0.744. The van der Waals surface area contributed by atoms with Gasteiger partial charge in [-0.2, -0.15) is 8.42 Å². The van der Waals surface area contributed by atoms with E-state index in [1.165, 1.54) is 11.3 Å². The SMILES string of the molecule is Cc1c(S(N)(=O)=O)sc2ccccc12.O=S(=O)(Cl)Cl. The smallest absolute Gasteiger partial charge is 0.224 e. The second-order valence-corrected chi connectivity index (χ2v) is 9.91. The van der Waals surface area contributed by atoms with Gasteiger partial charge in [0.25, 0.3) is 0 Å². The van der Waals surface area contributed by atoms with Gasteiger partial charge in [-0.05, 0) is 23.9 Å². The van der Waals surface area contributed by atoms with E-state index < -0.39 is 18.3 Å². The standard InChI is InChI=1S/C9H9NO2S2.Cl2O2S/c1-6-7-4-2-3-5-8(7)13-9(6)14(10,11)12;1-5(2,3)4/h2-5H,1H3,(H2,10,11,12);. The third kappa shape index (κ3) is 5.25. The van der Waals surface area contributed by atoms with E-state index in [4.69, 9.17) is 13.6 Å². The Kier molecular flexibility index (Phi) is 5.21. The largest absolute Gasteiger partial charge is 0.317 e. The number of halogens is 2. The maximum absolute atomic E-state index is 11.2. The van der Waals surface area contributed by atoms with Crippen LogP contribution in [0.3, 0.4) is 0 Å². The van der Waals surface area contributed by atoms with Gasteiger partial charge >= 0.3 is 8.26 Å². The molecule has 0 saturated heterocycles. The fourth-order valence-corrected chi connectivity index (χ4v) is 3.63. The van der Waals surface area contributed by atoms with Gasteiger partial charge in [0.05, 0.1) is 0 Å². The molecule has 5 nitrogen and oxygen atoms in total. The number of hydrogen-bond acceptors (Lipinski definition) is 5. The van der Waals surface area contributed by atoms with E-state index >= 15 is 0 Å². The molecule has 0 spiro atoms. The van der Waals surface area contributed by atoms with Gasteiger partial charge in [-0.15, -0.1) is 11.3 Å². The van der Waals surface area contributed by atoms with Crippen LogP contribution in [0.4, 0.5) is 0 Å². The van der Waals surface area contributed by atoms with Gasteiger partial charge in [0.15, 0.2) is 0 Å². The molecular weight excluding hydrogens is 353 g/mol. The Morgan fingerprint density at radius 3 is 2.00 bits per heavy atom. The molecule has 0 atom stereocenters. The van der Waals surface area contributed by atoms with Gasteiger partial charge in [0.1, 0.15) is 4.21 Å². The molecule has 1 aromatic heterocycles. The van der Waals surface area contributed by atoms with Crippen LogP contribution in [-0.4, -0.2) is 16.8 Å². The average molecular weight is 362 g/mol. The zero-order valence-corrected chi connectivity index (χ0v) is 13.5. The monoisotopic (exact) mass is 361 g/mol. The minimum Gasteiger partial charge on any atom is -0.224 e. The second-order valence-electron chi connectivity index (χ2n) is 3.43. The molecule has 0 aliphatic carbocycles. The molecule has 1 heterocycles. The normalized spacial score (nSPS) is 12.0. The molecule has 2 N–H and O–H groups in total. The molecule has 10 heteroatoms. The predicted molar refractivity (Wildman–Crippen MR) is 78.6 cm³/mol. The number of sulfonamides is 1. The van der Waals surface area contributed by atoms with Crippen LogP contribution in [0.25, 0.3) is 10.1 Å². The van der Waals surface area contributed by atoms with Gasteiger partial charge in [0.2, 0.25) is 10.0 Å².